The first kappa shape index (κ1) is 11.3. The lowest BCUT2D eigenvalue weighted by Gasteiger charge is -1.99. The molecule has 0 saturated heterocycles. The van der Waals surface area contributed by atoms with E-state index in [1.165, 1.54) is 11.8 Å². The Hall–Kier alpha value is -0.800. The fourth-order valence-electron chi connectivity index (χ4n) is 0.990. The molecule has 0 fully saturated rings. The van der Waals surface area contributed by atoms with E-state index in [2.05, 4.69) is 0 Å². The average molecular weight is 224 g/mol. The number of rotatable bonds is 3. The number of benzene rings is 1. The van der Waals surface area contributed by atoms with Gasteiger partial charge in [0.2, 0.25) is 0 Å². The van der Waals surface area contributed by atoms with Crippen LogP contribution in [0.5, 0.6) is 0 Å². The van der Waals surface area contributed by atoms with Crippen molar-refractivity contribution in [3.05, 3.63) is 42.0 Å². The van der Waals surface area contributed by atoms with E-state index in [4.69, 9.17) is 12.2 Å². The normalized spacial score (nSPS) is 11.4. The number of hydrogen-bond acceptors (Lipinski definition) is 3. The van der Waals surface area contributed by atoms with Crippen LogP contribution in [0, 0.1) is 0 Å². The molecule has 0 aliphatic rings. The predicted molar refractivity (Wildman–Crippen MR) is 67.8 cm³/mol. The average Bonchev–Trinajstić information content (AvgIpc) is 2.26. The zero-order valence-electron chi connectivity index (χ0n) is 7.93. The maximum atomic E-state index is 9.66. The summed E-state index contributed by atoms with van der Waals surface area (Å²) in [5.74, 6) is 0.294. The van der Waals surface area contributed by atoms with Gasteiger partial charge >= 0.3 is 0 Å². The molecule has 0 unspecified atom stereocenters. The van der Waals surface area contributed by atoms with E-state index in [1.807, 2.05) is 36.6 Å². The Morgan fingerprint density at radius 2 is 2.07 bits per heavy atom. The fraction of sp³-hybridized carbons (Fsp3) is 0.182. The van der Waals surface area contributed by atoms with Crippen molar-refractivity contribution in [2.45, 2.75) is 6.42 Å². The van der Waals surface area contributed by atoms with Crippen molar-refractivity contribution in [3.63, 3.8) is 0 Å². The van der Waals surface area contributed by atoms with Crippen molar-refractivity contribution < 1.29 is 5.11 Å². The summed E-state index contributed by atoms with van der Waals surface area (Å²) in [4.78, 5) is 0. The van der Waals surface area contributed by atoms with Crippen LogP contribution in [0.4, 0.5) is 0 Å². The molecule has 0 bridgehead atoms. The molecule has 74 valence electrons. The Kier molecular flexibility index (Phi) is 4.70. The quantitative estimate of drug-likeness (QED) is 0.625. The van der Waals surface area contributed by atoms with Crippen LogP contribution in [-0.2, 0) is 0 Å². The zero-order chi connectivity index (χ0) is 10.4. The standard InChI is InChI=1S/C11H12OS2/c1-14-11(13)8-7-10(12)9-5-3-2-4-6-9/h2-7,12H,8H2,1H3/b10-7-. The third kappa shape index (κ3) is 3.52. The van der Waals surface area contributed by atoms with Gasteiger partial charge in [0.25, 0.3) is 0 Å². The minimum Gasteiger partial charge on any atom is -0.508 e. The van der Waals surface area contributed by atoms with Gasteiger partial charge in [-0.05, 0) is 12.3 Å². The summed E-state index contributed by atoms with van der Waals surface area (Å²) < 4.78 is 0.882. The van der Waals surface area contributed by atoms with Crippen molar-refractivity contribution in [1.82, 2.24) is 0 Å². The van der Waals surface area contributed by atoms with Gasteiger partial charge in [0, 0.05) is 12.0 Å². The summed E-state index contributed by atoms with van der Waals surface area (Å²) in [6.45, 7) is 0. The molecule has 1 rings (SSSR count). The second kappa shape index (κ2) is 5.83. The highest BCUT2D eigenvalue weighted by molar-refractivity contribution is 8.22. The van der Waals surface area contributed by atoms with E-state index >= 15 is 0 Å². The monoisotopic (exact) mass is 224 g/mol. The fourth-order valence-corrected chi connectivity index (χ4v) is 1.32. The minimum atomic E-state index is 0.294. The van der Waals surface area contributed by atoms with E-state index < -0.39 is 0 Å². The molecule has 0 aromatic heterocycles. The van der Waals surface area contributed by atoms with Crippen LogP contribution >= 0.6 is 24.0 Å². The Bertz CT molecular complexity index is 330. The first-order valence-corrected chi connectivity index (χ1v) is 5.88. The minimum absolute atomic E-state index is 0.294. The highest BCUT2D eigenvalue weighted by Crippen LogP contribution is 2.13. The highest BCUT2D eigenvalue weighted by atomic mass is 32.2. The molecule has 0 aliphatic heterocycles. The van der Waals surface area contributed by atoms with Gasteiger partial charge in [0.05, 0.1) is 4.20 Å². The molecule has 0 heterocycles. The largest absolute Gasteiger partial charge is 0.508 e. The van der Waals surface area contributed by atoms with Crippen molar-refractivity contribution in [2.24, 2.45) is 0 Å². The molecule has 1 N–H and O–H groups in total. The number of aliphatic hydroxyl groups is 1. The van der Waals surface area contributed by atoms with Gasteiger partial charge in [-0.25, -0.2) is 0 Å². The molecule has 0 saturated carbocycles. The van der Waals surface area contributed by atoms with Crippen molar-refractivity contribution >= 4 is 33.9 Å². The van der Waals surface area contributed by atoms with Crippen LogP contribution in [-0.4, -0.2) is 15.6 Å². The predicted octanol–water partition coefficient (Wildman–Crippen LogP) is 3.67. The summed E-state index contributed by atoms with van der Waals surface area (Å²) in [5, 5.41) is 9.66. The lowest BCUT2D eigenvalue weighted by molar-refractivity contribution is 0.510. The zero-order valence-corrected chi connectivity index (χ0v) is 9.57. The second-order valence-corrected chi connectivity index (χ2v) is 4.39. The van der Waals surface area contributed by atoms with E-state index in [0.717, 1.165) is 9.76 Å². The lowest BCUT2D eigenvalue weighted by atomic mass is 10.2. The van der Waals surface area contributed by atoms with Crippen molar-refractivity contribution in [2.75, 3.05) is 6.26 Å². The molecule has 0 atom stereocenters. The number of aliphatic hydroxyl groups excluding tert-OH is 1. The third-order valence-corrected chi connectivity index (χ3v) is 3.05. The summed E-state index contributed by atoms with van der Waals surface area (Å²) >= 11 is 6.57. The van der Waals surface area contributed by atoms with Crippen LogP contribution in [0.1, 0.15) is 12.0 Å². The molecule has 0 amide bonds. The topological polar surface area (TPSA) is 20.2 Å². The van der Waals surface area contributed by atoms with Gasteiger partial charge < -0.3 is 5.11 Å². The van der Waals surface area contributed by atoms with Gasteiger partial charge in [-0.15, -0.1) is 11.8 Å². The van der Waals surface area contributed by atoms with Crippen LogP contribution < -0.4 is 0 Å². The molecule has 0 spiro atoms. The number of allylic oxidation sites excluding steroid dienone is 1. The van der Waals surface area contributed by atoms with E-state index in [0.29, 0.717) is 12.2 Å². The number of thioether (sulfide) groups is 1. The highest BCUT2D eigenvalue weighted by Gasteiger charge is 1.97. The first-order chi connectivity index (χ1) is 6.74. The number of hydrogen-bond donors (Lipinski definition) is 1. The summed E-state index contributed by atoms with van der Waals surface area (Å²) in [5.41, 5.74) is 0.830. The maximum Gasteiger partial charge on any atom is 0.119 e. The van der Waals surface area contributed by atoms with Gasteiger partial charge in [-0.3, -0.25) is 0 Å². The second-order valence-electron chi connectivity index (χ2n) is 2.74. The molecule has 0 radical (unpaired) electrons. The van der Waals surface area contributed by atoms with E-state index in [1.54, 1.807) is 6.08 Å². The third-order valence-electron chi connectivity index (χ3n) is 1.76. The summed E-state index contributed by atoms with van der Waals surface area (Å²) in [7, 11) is 0. The Morgan fingerprint density at radius 3 is 2.64 bits per heavy atom. The molecule has 1 aromatic rings. The van der Waals surface area contributed by atoms with Crippen molar-refractivity contribution in [3.8, 4) is 0 Å². The number of thiocarbonyl (C=S) groups is 1. The van der Waals surface area contributed by atoms with E-state index in [-0.39, 0.29) is 0 Å². The summed E-state index contributed by atoms with van der Waals surface area (Å²) in [6.07, 6.45) is 4.32. The van der Waals surface area contributed by atoms with Crippen LogP contribution in [0.3, 0.4) is 0 Å². The summed E-state index contributed by atoms with van der Waals surface area (Å²) in [6, 6.07) is 9.45. The van der Waals surface area contributed by atoms with Crippen LogP contribution in [0.25, 0.3) is 5.76 Å². The Balaban J connectivity index is 2.66. The Morgan fingerprint density at radius 1 is 1.43 bits per heavy atom. The van der Waals surface area contributed by atoms with Gasteiger partial charge in [0.15, 0.2) is 0 Å². The molecule has 3 heteroatoms. The molecule has 0 aliphatic carbocycles. The SMILES string of the molecule is CSC(=S)C/C=C(\O)c1ccccc1. The molecule has 14 heavy (non-hydrogen) atoms. The smallest absolute Gasteiger partial charge is 0.119 e. The lowest BCUT2D eigenvalue weighted by Crippen LogP contribution is -1.86. The molecular formula is C11H12OS2. The van der Waals surface area contributed by atoms with Crippen molar-refractivity contribution in [1.29, 1.82) is 0 Å². The van der Waals surface area contributed by atoms with Crippen LogP contribution in [0.2, 0.25) is 0 Å². The Labute approximate surface area is 93.8 Å². The first-order valence-electron chi connectivity index (χ1n) is 4.25. The van der Waals surface area contributed by atoms with Gasteiger partial charge in [-0.2, -0.15) is 0 Å². The van der Waals surface area contributed by atoms with Crippen LogP contribution in [0.15, 0.2) is 36.4 Å². The molecule has 1 aromatic carbocycles. The van der Waals surface area contributed by atoms with E-state index in [9.17, 15) is 5.11 Å². The van der Waals surface area contributed by atoms with Gasteiger partial charge in [0.1, 0.15) is 5.76 Å². The molecular weight excluding hydrogens is 212 g/mol. The molecule has 1 nitrogen and oxygen atoms in total. The van der Waals surface area contributed by atoms with Gasteiger partial charge in [-0.1, -0.05) is 42.5 Å². The maximum absolute atomic E-state index is 9.66.